The van der Waals surface area contributed by atoms with Crippen LogP contribution in [0.1, 0.15) is 45.4 Å². The van der Waals surface area contributed by atoms with E-state index in [0.29, 0.717) is 39.3 Å². The van der Waals surface area contributed by atoms with E-state index >= 15 is 0 Å². The number of carbonyl (C=O) groups is 1. The fourth-order valence-corrected chi connectivity index (χ4v) is 5.48. The van der Waals surface area contributed by atoms with E-state index in [1.807, 2.05) is 30.3 Å². The summed E-state index contributed by atoms with van der Waals surface area (Å²) < 4.78 is 12.7. The average molecular weight is 580 g/mol. The minimum Gasteiger partial charge on any atom is -0.489 e. The topological polar surface area (TPSA) is 97.1 Å². The number of carboxylic acid groups (broad SMARTS) is 1. The molecule has 0 amide bonds. The van der Waals surface area contributed by atoms with Crippen LogP contribution in [0.4, 0.5) is 5.69 Å². The molecule has 4 N–H and O–H groups in total. The van der Waals surface area contributed by atoms with Crippen LogP contribution in [0.25, 0.3) is 0 Å². The minimum absolute atomic E-state index is 0.327. The van der Waals surface area contributed by atoms with Gasteiger partial charge in [-0.15, -0.1) is 0 Å². The maximum atomic E-state index is 11.6. The number of fused-ring (bicyclic) bond motifs is 1. The van der Waals surface area contributed by atoms with Gasteiger partial charge in [0.25, 0.3) is 0 Å². The summed E-state index contributed by atoms with van der Waals surface area (Å²) in [6, 6.07) is 28.1. The number of benzene rings is 4. The molecule has 0 aliphatic carbocycles. The highest BCUT2D eigenvalue weighted by molar-refractivity contribution is 5.73. The molecule has 0 saturated carbocycles. The monoisotopic (exact) mass is 579 g/mol. The molecule has 0 spiro atoms. The van der Waals surface area contributed by atoms with Crippen LogP contribution in [0.3, 0.4) is 0 Å². The molecule has 4 aromatic rings. The standard InChI is InChI=1S/C36H41N3O4/c1-25-7-5-9-27(17-25)23-42-34-12-4-3-11-30(34)21-39(16-14-32(37)36(40)41)22-31-19-29-13-15-38-33(29)20-35(31)43-24-28-10-6-8-26(2)18-28/h3-12,17-20,32,38H,13-16,21-24,37H2,1-2H3,(H,40,41)/t32-/m0/s1. The van der Waals surface area contributed by atoms with Crippen molar-refractivity contribution in [3.8, 4) is 11.5 Å². The molecular weight excluding hydrogens is 538 g/mol. The van der Waals surface area contributed by atoms with Gasteiger partial charge in [-0.05, 0) is 55.5 Å². The third-order valence-electron chi connectivity index (χ3n) is 7.78. The summed E-state index contributed by atoms with van der Waals surface area (Å²) in [6.45, 7) is 7.65. The summed E-state index contributed by atoms with van der Waals surface area (Å²) in [7, 11) is 0. The third kappa shape index (κ3) is 8.37. The average Bonchev–Trinajstić information content (AvgIpc) is 3.45. The molecule has 0 unspecified atom stereocenters. The number of para-hydroxylation sites is 1. The second-order valence-electron chi connectivity index (χ2n) is 11.4. The van der Waals surface area contributed by atoms with Crippen LogP contribution in [0, 0.1) is 13.8 Å². The van der Waals surface area contributed by atoms with E-state index in [9.17, 15) is 9.90 Å². The van der Waals surface area contributed by atoms with Gasteiger partial charge >= 0.3 is 5.97 Å². The van der Waals surface area contributed by atoms with Gasteiger partial charge in [0.05, 0.1) is 0 Å². The predicted molar refractivity (Wildman–Crippen MR) is 170 cm³/mol. The molecule has 1 atom stereocenters. The molecule has 1 aliphatic heterocycles. The van der Waals surface area contributed by atoms with Crippen LogP contribution in [0.5, 0.6) is 11.5 Å². The number of aliphatic carboxylic acids is 1. The Kier molecular flexibility index (Phi) is 9.97. The van der Waals surface area contributed by atoms with E-state index in [4.69, 9.17) is 15.2 Å². The van der Waals surface area contributed by atoms with Gasteiger partial charge in [-0.3, -0.25) is 9.69 Å². The molecule has 0 bridgehead atoms. The summed E-state index contributed by atoms with van der Waals surface area (Å²) in [4.78, 5) is 13.8. The van der Waals surface area contributed by atoms with Crippen LogP contribution < -0.4 is 20.5 Å². The molecule has 5 rings (SSSR count). The Hall–Kier alpha value is -4.33. The lowest BCUT2D eigenvalue weighted by molar-refractivity contribution is -0.138. The highest BCUT2D eigenvalue weighted by Crippen LogP contribution is 2.33. The molecule has 4 aromatic carbocycles. The maximum absolute atomic E-state index is 11.6. The number of rotatable bonds is 14. The Labute approximate surface area is 254 Å². The number of nitrogens with two attached hydrogens (primary N) is 1. The number of hydrogen-bond donors (Lipinski definition) is 3. The summed E-state index contributed by atoms with van der Waals surface area (Å²) in [5.74, 6) is 0.643. The first kappa shape index (κ1) is 30.1. The van der Waals surface area contributed by atoms with Crippen LogP contribution in [0.15, 0.2) is 84.9 Å². The highest BCUT2D eigenvalue weighted by Gasteiger charge is 2.20. The van der Waals surface area contributed by atoms with Gasteiger partial charge in [-0.2, -0.15) is 0 Å². The SMILES string of the molecule is Cc1cccc(COc2ccccc2CN(CC[C@H](N)C(=O)O)Cc2cc3c(cc2OCc2cccc(C)c2)NCC3)c1. The van der Waals surface area contributed by atoms with Crippen molar-refractivity contribution in [3.05, 3.63) is 124 Å². The second-order valence-corrected chi connectivity index (χ2v) is 11.4. The van der Waals surface area contributed by atoms with Gasteiger partial charge in [0, 0.05) is 49.1 Å². The fraction of sp³-hybridized carbons (Fsp3) is 0.306. The molecule has 43 heavy (non-hydrogen) atoms. The van der Waals surface area contributed by atoms with Crippen molar-refractivity contribution in [1.82, 2.24) is 4.90 Å². The Morgan fingerprint density at radius 2 is 1.51 bits per heavy atom. The fourth-order valence-electron chi connectivity index (χ4n) is 5.48. The number of aryl methyl sites for hydroxylation is 2. The summed E-state index contributed by atoms with van der Waals surface area (Å²) in [5.41, 5.74) is 15.0. The molecule has 7 nitrogen and oxygen atoms in total. The molecule has 7 heteroatoms. The van der Waals surface area contributed by atoms with E-state index in [0.717, 1.165) is 52.4 Å². The summed E-state index contributed by atoms with van der Waals surface area (Å²) in [6.07, 6.45) is 1.29. The molecular formula is C36H41N3O4. The van der Waals surface area contributed by atoms with Crippen molar-refractivity contribution in [2.24, 2.45) is 5.73 Å². The van der Waals surface area contributed by atoms with E-state index in [1.165, 1.54) is 16.7 Å². The van der Waals surface area contributed by atoms with Crippen LogP contribution in [-0.4, -0.2) is 35.1 Å². The molecule has 0 radical (unpaired) electrons. The maximum Gasteiger partial charge on any atom is 0.320 e. The number of nitrogens with zero attached hydrogens (tertiary/aromatic N) is 1. The molecule has 1 aliphatic rings. The number of hydrogen-bond acceptors (Lipinski definition) is 6. The summed E-state index contributed by atoms with van der Waals surface area (Å²) in [5, 5.41) is 12.9. The van der Waals surface area contributed by atoms with Crippen molar-refractivity contribution in [3.63, 3.8) is 0 Å². The molecule has 0 saturated heterocycles. The molecule has 1 heterocycles. The quantitative estimate of drug-likeness (QED) is 0.163. The molecule has 0 aromatic heterocycles. The zero-order valence-electron chi connectivity index (χ0n) is 25.0. The van der Waals surface area contributed by atoms with Gasteiger partial charge in [0.1, 0.15) is 30.8 Å². The highest BCUT2D eigenvalue weighted by atomic mass is 16.5. The van der Waals surface area contributed by atoms with Crippen molar-refractivity contribution in [2.45, 2.75) is 59.0 Å². The Morgan fingerprint density at radius 3 is 2.19 bits per heavy atom. The number of ether oxygens (including phenoxy) is 2. The lowest BCUT2D eigenvalue weighted by atomic mass is 10.1. The van der Waals surface area contributed by atoms with Gasteiger partial charge in [0.2, 0.25) is 0 Å². The number of anilines is 1. The van der Waals surface area contributed by atoms with Crippen molar-refractivity contribution < 1.29 is 19.4 Å². The van der Waals surface area contributed by atoms with Crippen molar-refractivity contribution >= 4 is 11.7 Å². The van der Waals surface area contributed by atoms with Crippen LogP contribution in [0.2, 0.25) is 0 Å². The normalized spacial score (nSPS) is 12.9. The first-order chi connectivity index (χ1) is 20.8. The molecule has 224 valence electrons. The van der Waals surface area contributed by atoms with E-state index < -0.39 is 12.0 Å². The zero-order chi connectivity index (χ0) is 30.2. The van der Waals surface area contributed by atoms with Crippen molar-refractivity contribution in [1.29, 1.82) is 0 Å². The van der Waals surface area contributed by atoms with Gasteiger partial charge < -0.3 is 25.6 Å². The van der Waals surface area contributed by atoms with E-state index in [2.05, 4.69) is 78.7 Å². The number of nitrogens with one attached hydrogen (secondary N) is 1. The van der Waals surface area contributed by atoms with Crippen LogP contribution in [-0.2, 0) is 37.5 Å². The third-order valence-corrected chi connectivity index (χ3v) is 7.78. The minimum atomic E-state index is -0.993. The van der Waals surface area contributed by atoms with Crippen molar-refractivity contribution in [2.75, 3.05) is 18.4 Å². The zero-order valence-corrected chi connectivity index (χ0v) is 25.0. The second kappa shape index (κ2) is 14.2. The Balaban J connectivity index is 1.38. The first-order valence-electron chi connectivity index (χ1n) is 14.9. The largest absolute Gasteiger partial charge is 0.489 e. The smallest absolute Gasteiger partial charge is 0.320 e. The Morgan fingerprint density at radius 1 is 0.860 bits per heavy atom. The van der Waals surface area contributed by atoms with Gasteiger partial charge in [-0.1, -0.05) is 77.9 Å². The number of carboxylic acids is 1. The van der Waals surface area contributed by atoms with Gasteiger partial charge in [0.15, 0.2) is 0 Å². The lowest BCUT2D eigenvalue weighted by Gasteiger charge is -2.26. The predicted octanol–water partition coefficient (Wildman–Crippen LogP) is 6.23. The van der Waals surface area contributed by atoms with E-state index in [-0.39, 0.29) is 0 Å². The van der Waals surface area contributed by atoms with Crippen LogP contribution >= 0.6 is 0 Å². The Bertz CT molecular complexity index is 1550. The lowest BCUT2D eigenvalue weighted by Crippen LogP contribution is -2.35. The first-order valence-corrected chi connectivity index (χ1v) is 14.9. The van der Waals surface area contributed by atoms with E-state index in [1.54, 1.807) is 0 Å². The molecule has 0 fully saturated rings. The summed E-state index contributed by atoms with van der Waals surface area (Å²) >= 11 is 0. The van der Waals surface area contributed by atoms with Gasteiger partial charge in [-0.25, -0.2) is 0 Å².